The highest BCUT2D eigenvalue weighted by atomic mass is 19.1. The maximum absolute atomic E-state index is 13.3. The van der Waals surface area contributed by atoms with Gasteiger partial charge in [-0.3, -0.25) is 14.5 Å². The number of amides is 1. The Balaban J connectivity index is 1.54. The molecule has 0 spiro atoms. The number of fused-ring (bicyclic) bond motifs is 1. The molecule has 4 rings (SSSR count). The van der Waals surface area contributed by atoms with Crippen LogP contribution < -0.4 is 14.4 Å². The summed E-state index contributed by atoms with van der Waals surface area (Å²) in [7, 11) is 0. The average Bonchev–Trinajstić information content (AvgIpc) is 3.23. The van der Waals surface area contributed by atoms with E-state index in [0.717, 1.165) is 0 Å². The predicted octanol–water partition coefficient (Wildman–Crippen LogP) is 3.30. The summed E-state index contributed by atoms with van der Waals surface area (Å²) in [6.45, 7) is -0.549. The van der Waals surface area contributed by atoms with Crippen molar-refractivity contribution in [3.8, 4) is 11.5 Å². The molecule has 0 saturated heterocycles. The molecule has 0 radical (unpaired) electrons. The van der Waals surface area contributed by atoms with Crippen molar-refractivity contribution in [1.29, 1.82) is 0 Å². The normalized spacial score (nSPS) is 12.8. The van der Waals surface area contributed by atoms with Gasteiger partial charge in [-0.15, -0.1) is 0 Å². The zero-order valence-corrected chi connectivity index (χ0v) is 16.0. The van der Waals surface area contributed by atoms with E-state index >= 15 is 0 Å². The van der Waals surface area contributed by atoms with Gasteiger partial charge in [-0.05, 0) is 42.5 Å². The summed E-state index contributed by atoms with van der Waals surface area (Å²) in [5.41, 5.74) is 0.616. The van der Waals surface area contributed by atoms with Crippen LogP contribution in [0.5, 0.6) is 11.5 Å². The van der Waals surface area contributed by atoms with Gasteiger partial charge < -0.3 is 19.0 Å². The first-order valence-electron chi connectivity index (χ1n) is 9.21. The van der Waals surface area contributed by atoms with Crippen LogP contribution in [0.4, 0.5) is 10.1 Å². The zero-order valence-electron chi connectivity index (χ0n) is 16.0. The lowest BCUT2D eigenvalue weighted by atomic mass is 10.1. The largest absolute Gasteiger partial charge is 0.485 e. The molecule has 0 fully saturated rings. The van der Waals surface area contributed by atoms with Crippen LogP contribution in [0.2, 0.25) is 0 Å². The first-order valence-corrected chi connectivity index (χ1v) is 9.21. The van der Waals surface area contributed by atoms with E-state index in [-0.39, 0.29) is 54.3 Å². The molecule has 31 heavy (non-hydrogen) atoms. The second-order valence-electron chi connectivity index (χ2n) is 6.69. The van der Waals surface area contributed by atoms with Crippen molar-refractivity contribution in [3.63, 3.8) is 0 Å². The molecule has 0 unspecified atom stereocenters. The lowest BCUT2D eigenvalue weighted by Crippen LogP contribution is -2.38. The smallest absolute Gasteiger partial charge is 0.371 e. The van der Waals surface area contributed by atoms with E-state index in [4.69, 9.17) is 19.0 Å². The lowest BCUT2D eigenvalue weighted by Gasteiger charge is -2.29. The van der Waals surface area contributed by atoms with Crippen molar-refractivity contribution in [2.45, 2.75) is 6.54 Å². The molecule has 3 aromatic rings. The molecule has 2 heterocycles. The van der Waals surface area contributed by atoms with Gasteiger partial charge in [0.15, 0.2) is 19.0 Å². The number of hydrogen-bond donors (Lipinski definition) is 1. The number of carbonyl (C=O) groups excluding carboxylic acids is 2. The molecule has 8 nitrogen and oxygen atoms in total. The standard InChI is InChI=1S/C22H16FNO7/c23-14-2-1-3-15(9-14)29-11-18(25)13-4-6-19-17(8-13)24(21(26)12-30-19)10-16-5-7-20(31-16)22(27)28/h1-9H,10-12H2,(H,27,28). The Bertz CT molecular complexity index is 1170. The lowest BCUT2D eigenvalue weighted by molar-refractivity contribution is -0.121. The molecule has 0 aliphatic carbocycles. The predicted molar refractivity (Wildman–Crippen MR) is 105 cm³/mol. The van der Waals surface area contributed by atoms with Crippen molar-refractivity contribution in [2.24, 2.45) is 0 Å². The average molecular weight is 425 g/mol. The fourth-order valence-electron chi connectivity index (χ4n) is 3.07. The first kappa shape index (κ1) is 20.1. The van der Waals surface area contributed by atoms with Crippen molar-refractivity contribution in [3.05, 3.63) is 77.5 Å². The van der Waals surface area contributed by atoms with Gasteiger partial charge in [-0.25, -0.2) is 9.18 Å². The highest BCUT2D eigenvalue weighted by molar-refractivity contribution is 6.02. The molecule has 1 N–H and O–H groups in total. The van der Waals surface area contributed by atoms with Gasteiger partial charge in [0.2, 0.25) is 5.76 Å². The molecule has 1 aliphatic rings. The van der Waals surface area contributed by atoms with E-state index < -0.39 is 11.8 Å². The SMILES string of the molecule is O=C(COc1cccc(F)c1)c1ccc2c(c1)N(Cc1ccc(C(=O)O)o1)C(=O)CO2. The summed E-state index contributed by atoms with van der Waals surface area (Å²) in [5.74, 6) is -1.80. The summed E-state index contributed by atoms with van der Waals surface area (Å²) in [5, 5.41) is 8.99. The van der Waals surface area contributed by atoms with Crippen molar-refractivity contribution in [2.75, 3.05) is 18.1 Å². The highest BCUT2D eigenvalue weighted by Crippen LogP contribution is 2.34. The second-order valence-corrected chi connectivity index (χ2v) is 6.69. The number of ether oxygens (including phenoxy) is 2. The van der Waals surface area contributed by atoms with Crippen molar-refractivity contribution < 1.29 is 37.8 Å². The minimum Gasteiger partial charge on any atom is -0.485 e. The Kier molecular flexibility index (Phi) is 5.40. The van der Waals surface area contributed by atoms with E-state index in [1.807, 2.05) is 0 Å². The van der Waals surface area contributed by atoms with Crippen LogP contribution in [0.1, 0.15) is 26.7 Å². The molecular formula is C22H16FNO7. The minimum absolute atomic E-state index is 0.0279. The minimum atomic E-state index is -1.22. The Morgan fingerprint density at radius 3 is 2.71 bits per heavy atom. The first-order chi connectivity index (χ1) is 14.9. The molecule has 0 atom stereocenters. The van der Waals surface area contributed by atoms with E-state index in [0.29, 0.717) is 11.4 Å². The third-order valence-corrected chi connectivity index (χ3v) is 4.58. The van der Waals surface area contributed by atoms with Crippen LogP contribution in [0.25, 0.3) is 0 Å². The van der Waals surface area contributed by atoms with Gasteiger partial charge in [-0.1, -0.05) is 6.07 Å². The van der Waals surface area contributed by atoms with Crippen LogP contribution in [-0.2, 0) is 11.3 Å². The van der Waals surface area contributed by atoms with Crippen LogP contribution in [0.3, 0.4) is 0 Å². The van der Waals surface area contributed by atoms with E-state index in [2.05, 4.69) is 0 Å². The molecule has 1 aromatic heterocycles. The van der Waals surface area contributed by atoms with Crippen molar-refractivity contribution >= 4 is 23.3 Å². The van der Waals surface area contributed by atoms with Gasteiger partial charge in [0.1, 0.15) is 23.1 Å². The Morgan fingerprint density at radius 1 is 1.13 bits per heavy atom. The number of halogens is 1. The number of carboxylic acid groups (broad SMARTS) is 1. The molecule has 9 heteroatoms. The summed E-state index contributed by atoms with van der Waals surface area (Å²) in [6, 6.07) is 12.8. The number of rotatable bonds is 7. The number of anilines is 1. The monoisotopic (exact) mass is 425 g/mol. The Hall–Kier alpha value is -4.14. The van der Waals surface area contributed by atoms with Crippen LogP contribution >= 0.6 is 0 Å². The summed E-state index contributed by atoms with van der Waals surface area (Å²) < 4.78 is 29.3. The third-order valence-electron chi connectivity index (χ3n) is 4.58. The van der Waals surface area contributed by atoms with Gasteiger partial charge >= 0.3 is 5.97 Å². The fourth-order valence-corrected chi connectivity index (χ4v) is 3.07. The number of benzene rings is 2. The second kappa shape index (κ2) is 8.31. The Labute approximate surface area is 175 Å². The number of aromatic carboxylic acids is 1. The van der Waals surface area contributed by atoms with Crippen LogP contribution in [-0.4, -0.2) is 36.0 Å². The molecule has 2 aromatic carbocycles. The molecule has 0 saturated carbocycles. The number of Topliss-reactive ketones (excluding diaryl/α,β-unsaturated/α-hetero) is 1. The molecule has 1 aliphatic heterocycles. The molecular weight excluding hydrogens is 409 g/mol. The van der Waals surface area contributed by atoms with Crippen molar-refractivity contribution in [1.82, 2.24) is 0 Å². The van der Waals surface area contributed by atoms with Gasteiger partial charge in [0.25, 0.3) is 5.91 Å². The summed E-state index contributed by atoms with van der Waals surface area (Å²) in [6.07, 6.45) is 0. The fraction of sp³-hybridized carbons (Fsp3) is 0.136. The van der Waals surface area contributed by atoms with Gasteiger partial charge in [0, 0.05) is 11.6 Å². The topological polar surface area (TPSA) is 106 Å². The summed E-state index contributed by atoms with van der Waals surface area (Å²) in [4.78, 5) is 37.4. The number of nitrogens with zero attached hydrogens (tertiary/aromatic N) is 1. The molecule has 0 bridgehead atoms. The van der Waals surface area contributed by atoms with Crippen LogP contribution in [0.15, 0.2) is 59.0 Å². The third kappa shape index (κ3) is 4.40. The maximum Gasteiger partial charge on any atom is 0.371 e. The molecule has 158 valence electrons. The molecule has 1 amide bonds. The number of carbonyl (C=O) groups is 3. The van der Waals surface area contributed by atoms with Gasteiger partial charge in [0.05, 0.1) is 12.2 Å². The van der Waals surface area contributed by atoms with Crippen LogP contribution in [0, 0.1) is 5.82 Å². The quantitative estimate of drug-likeness (QED) is 0.579. The maximum atomic E-state index is 13.3. The number of ketones is 1. The van der Waals surface area contributed by atoms with E-state index in [1.54, 1.807) is 12.1 Å². The van der Waals surface area contributed by atoms with E-state index in [9.17, 15) is 18.8 Å². The number of furan rings is 1. The number of hydrogen-bond acceptors (Lipinski definition) is 6. The van der Waals surface area contributed by atoms with E-state index in [1.165, 1.54) is 47.4 Å². The van der Waals surface area contributed by atoms with Gasteiger partial charge in [-0.2, -0.15) is 0 Å². The number of carboxylic acids is 1. The summed E-state index contributed by atoms with van der Waals surface area (Å²) >= 11 is 0. The highest BCUT2D eigenvalue weighted by Gasteiger charge is 2.28. The zero-order chi connectivity index (χ0) is 22.0. The Morgan fingerprint density at radius 2 is 1.97 bits per heavy atom.